The summed E-state index contributed by atoms with van der Waals surface area (Å²) in [6.07, 6.45) is 4.99. The van der Waals surface area contributed by atoms with Crippen LogP contribution in [0.25, 0.3) is 0 Å². The first-order valence-electron chi connectivity index (χ1n) is 18.0. The topological polar surface area (TPSA) is 106 Å². The first kappa shape index (κ1) is 34.4. The molecule has 1 N–H and O–H groups in total. The first-order chi connectivity index (χ1) is 23.0. The van der Waals surface area contributed by atoms with Crippen LogP contribution in [0.2, 0.25) is 0 Å². The van der Waals surface area contributed by atoms with Crippen LogP contribution in [0.1, 0.15) is 85.1 Å². The van der Waals surface area contributed by atoms with Crippen molar-refractivity contribution in [3.05, 3.63) is 47.5 Å². The molecule has 3 saturated carbocycles. The van der Waals surface area contributed by atoms with Gasteiger partial charge in [-0.05, 0) is 94.6 Å². The maximum Gasteiger partial charge on any atom is 0.482 e. The summed E-state index contributed by atoms with van der Waals surface area (Å²) in [5.74, 6) is -3.08. The lowest BCUT2D eigenvalue weighted by Crippen LogP contribution is -2.65. The number of carbonyl (C=O) groups excluding carboxylic acids is 1. The van der Waals surface area contributed by atoms with Crippen molar-refractivity contribution in [3.63, 3.8) is 0 Å². The third kappa shape index (κ3) is 5.68. The Morgan fingerprint density at radius 3 is 2.45 bits per heavy atom. The van der Waals surface area contributed by atoms with Gasteiger partial charge in [-0.1, -0.05) is 44.2 Å². The minimum atomic E-state index is -2.81. The van der Waals surface area contributed by atoms with Crippen molar-refractivity contribution < 1.29 is 32.8 Å². The van der Waals surface area contributed by atoms with Crippen molar-refractivity contribution in [1.29, 1.82) is 5.26 Å². The van der Waals surface area contributed by atoms with E-state index in [9.17, 15) is 28.7 Å². The number of nitrogens with zero attached hydrogens (tertiary/aromatic N) is 4. The summed E-state index contributed by atoms with van der Waals surface area (Å²) in [7, 11) is -0.783. The zero-order chi connectivity index (χ0) is 35.1. The third-order valence-corrected chi connectivity index (χ3v) is 13.5. The molecule has 0 spiro atoms. The van der Waals surface area contributed by atoms with E-state index in [4.69, 9.17) is 9.31 Å². The van der Waals surface area contributed by atoms with Gasteiger partial charge < -0.3 is 24.2 Å². The van der Waals surface area contributed by atoms with Crippen molar-refractivity contribution >= 4 is 19.1 Å². The standard InChI is InChI=1S/C37H49BF2N4O5/c1-33(2,42-16-15-37(39,40)23-42)20-25(21-41)31(45)44-27-11-13-36(44,14-12-27)22-43(32(46)47)30(17-24-9-7-6-8-10-24)38-48-29-19-26-18-28(34(26,3)4)35(29,5)49-38/h6-10,20,26-30H,11-19,22-23H2,1-5H3,(H,46,47)/t26-,27?,28-,29+,30-,35-,36?/m0/s1. The summed E-state index contributed by atoms with van der Waals surface area (Å²) in [5.41, 5.74) is -1.28. The molecular weight excluding hydrogens is 629 g/mol. The second-order valence-electron chi connectivity index (χ2n) is 17.0. The molecule has 4 bridgehead atoms. The number of rotatable bonds is 9. The van der Waals surface area contributed by atoms with Crippen LogP contribution in [0.4, 0.5) is 13.6 Å². The van der Waals surface area contributed by atoms with E-state index in [0.717, 1.165) is 18.4 Å². The van der Waals surface area contributed by atoms with Gasteiger partial charge in [-0.3, -0.25) is 9.69 Å². The molecule has 0 aromatic heterocycles. The highest BCUT2D eigenvalue weighted by atomic mass is 19.3. The van der Waals surface area contributed by atoms with E-state index < -0.39 is 54.2 Å². The lowest BCUT2D eigenvalue weighted by Gasteiger charge is -2.64. The molecular formula is C37H49BF2N4O5. The highest BCUT2D eigenvalue weighted by Crippen LogP contribution is 2.66. The fourth-order valence-corrected chi connectivity index (χ4v) is 10.5. The Kier molecular flexibility index (Phi) is 8.28. The van der Waals surface area contributed by atoms with Gasteiger partial charge in [0.05, 0.1) is 29.7 Å². The Hall–Kier alpha value is -3.01. The Morgan fingerprint density at radius 2 is 1.86 bits per heavy atom. The molecule has 7 fully saturated rings. The van der Waals surface area contributed by atoms with Gasteiger partial charge in [0, 0.05) is 31.1 Å². The van der Waals surface area contributed by atoms with Crippen LogP contribution in [0.5, 0.6) is 0 Å². The Morgan fingerprint density at radius 1 is 1.16 bits per heavy atom. The Balaban J connectivity index is 1.18. The molecule has 49 heavy (non-hydrogen) atoms. The van der Waals surface area contributed by atoms with E-state index >= 15 is 0 Å². The number of alkyl halides is 2. The minimum absolute atomic E-state index is 0.0602. The van der Waals surface area contributed by atoms with Gasteiger partial charge in [0.15, 0.2) is 0 Å². The molecule has 7 aliphatic rings. The summed E-state index contributed by atoms with van der Waals surface area (Å²) in [5, 5.41) is 21.1. The van der Waals surface area contributed by atoms with Gasteiger partial charge in [0.1, 0.15) is 11.6 Å². The number of fused-ring (bicyclic) bond motifs is 2. The summed E-state index contributed by atoms with van der Waals surface area (Å²) < 4.78 is 41.8. The van der Waals surface area contributed by atoms with Crippen molar-refractivity contribution in [1.82, 2.24) is 14.7 Å². The lowest BCUT2D eigenvalue weighted by molar-refractivity contribution is -0.199. The van der Waals surface area contributed by atoms with Crippen LogP contribution in [0, 0.1) is 28.6 Å². The normalized spacial score (nSPS) is 35.1. The van der Waals surface area contributed by atoms with Crippen LogP contribution in [-0.4, -0.2) is 99.2 Å². The quantitative estimate of drug-likeness (QED) is 0.196. The van der Waals surface area contributed by atoms with Crippen LogP contribution in [0.15, 0.2) is 42.0 Å². The maximum atomic E-state index is 14.3. The first-order valence-corrected chi connectivity index (χ1v) is 18.0. The zero-order valence-electron chi connectivity index (χ0n) is 29.3. The average molecular weight is 679 g/mol. The summed E-state index contributed by atoms with van der Waals surface area (Å²) in [4.78, 5) is 32.4. The molecule has 1 aromatic rings. The fraction of sp³-hybridized carbons (Fsp3) is 0.703. The number of amides is 2. The van der Waals surface area contributed by atoms with Crippen molar-refractivity contribution in [2.75, 3.05) is 19.6 Å². The summed E-state index contributed by atoms with van der Waals surface area (Å²) in [6, 6.07) is 11.7. The monoisotopic (exact) mass is 678 g/mol. The molecule has 9 nitrogen and oxygen atoms in total. The Bertz CT molecular complexity index is 1560. The molecule has 4 aliphatic heterocycles. The molecule has 12 heteroatoms. The smallest absolute Gasteiger partial charge is 0.465 e. The average Bonchev–Trinajstić information content (AvgIpc) is 3.80. The highest BCUT2D eigenvalue weighted by Gasteiger charge is 2.69. The molecule has 4 saturated heterocycles. The molecule has 264 valence electrons. The molecule has 8 rings (SSSR count). The molecule has 0 radical (unpaired) electrons. The third-order valence-electron chi connectivity index (χ3n) is 13.5. The number of hydrogen-bond donors (Lipinski definition) is 1. The zero-order valence-corrected chi connectivity index (χ0v) is 29.3. The SMILES string of the molecule is CC1(C)[C@@H]2C[C@H]3OB([C@H](Cc4ccccc4)N(CC45CCC(CC4)N5C(=O)C(C#N)=CC(C)(C)N4CCC(F)(F)C4)C(=O)O)O[C@@]3(C)[C@H]1C2. The van der Waals surface area contributed by atoms with Crippen LogP contribution in [-0.2, 0) is 20.5 Å². The van der Waals surface area contributed by atoms with Crippen molar-refractivity contribution in [3.8, 4) is 6.07 Å². The van der Waals surface area contributed by atoms with Crippen molar-refractivity contribution in [2.45, 2.75) is 127 Å². The molecule has 4 heterocycles. The van der Waals surface area contributed by atoms with E-state index in [-0.39, 0.29) is 42.6 Å². The van der Waals surface area contributed by atoms with E-state index in [1.807, 2.05) is 30.3 Å². The van der Waals surface area contributed by atoms with Gasteiger partial charge in [-0.15, -0.1) is 0 Å². The van der Waals surface area contributed by atoms with Crippen LogP contribution >= 0.6 is 0 Å². The van der Waals surface area contributed by atoms with Gasteiger partial charge in [-0.25, -0.2) is 13.6 Å². The highest BCUT2D eigenvalue weighted by molar-refractivity contribution is 6.47. The van der Waals surface area contributed by atoms with Crippen LogP contribution < -0.4 is 0 Å². The molecule has 5 atom stereocenters. The molecule has 2 amide bonds. The maximum absolute atomic E-state index is 14.3. The Labute approximate surface area is 288 Å². The number of halogens is 2. The van der Waals surface area contributed by atoms with E-state index in [1.165, 1.54) is 11.0 Å². The van der Waals surface area contributed by atoms with E-state index in [2.05, 4.69) is 26.8 Å². The molecule has 0 unspecified atom stereocenters. The lowest BCUT2D eigenvalue weighted by atomic mass is 9.43. The predicted octanol–water partition coefficient (Wildman–Crippen LogP) is 5.94. The fourth-order valence-electron chi connectivity index (χ4n) is 10.5. The van der Waals surface area contributed by atoms with Gasteiger partial charge in [0.25, 0.3) is 11.8 Å². The summed E-state index contributed by atoms with van der Waals surface area (Å²) >= 11 is 0. The van der Waals surface area contributed by atoms with Gasteiger partial charge in [-0.2, -0.15) is 5.26 Å². The number of nitriles is 1. The van der Waals surface area contributed by atoms with Crippen LogP contribution in [0.3, 0.4) is 0 Å². The van der Waals surface area contributed by atoms with Gasteiger partial charge in [0.2, 0.25) is 0 Å². The van der Waals surface area contributed by atoms with E-state index in [1.54, 1.807) is 23.6 Å². The number of likely N-dealkylation sites (tertiary alicyclic amines) is 1. The number of hydrogen-bond acceptors (Lipinski definition) is 6. The second-order valence-corrected chi connectivity index (χ2v) is 17.0. The predicted molar refractivity (Wildman–Crippen MR) is 180 cm³/mol. The number of carbonyl (C=O) groups is 2. The molecule has 1 aromatic carbocycles. The van der Waals surface area contributed by atoms with E-state index in [0.29, 0.717) is 43.9 Å². The second kappa shape index (κ2) is 11.8. The largest absolute Gasteiger partial charge is 0.482 e. The molecule has 3 aliphatic carbocycles. The minimum Gasteiger partial charge on any atom is -0.465 e. The van der Waals surface area contributed by atoms with Crippen molar-refractivity contribution in [2.24, 2.45) is 17.3 Å². The number of carboxylic acid groups (broad SMARTS) is 1. The van der Waals surface area contributed by atoms with Gasteiger partial charge >= 0.3 is 13.2 Å². The number of benzene rings is 1. The summed E-state index contributed by atoms with van der Waals surface area (Å²) in [6.45, 7) is 10.0.